The molecule has 3 unspecified atom stereocenters. The van der Waals surface area contributed by atoms with Gasteiger partial charge in [-0.25, -0.2) is 8.42 Å². The van der Waals surface area contributed by atoms with Gasteiger partial charge in [0.15, 0.2) is 9.84 Å². The lowest BCUT2D eigenvalue weighted by Crippen LogP contribution is -2.39. The van der Waals surface area contributed by atoms with Crippen LogP contribution in [0.25, 0.3) is 0 Å². The van der Waals surface area contributed by atoms with Gasteiger partial charge in [-0.15, -0.1) is 0 Å². The Balaban J connectivity index is 2.69. The Morgan fingerprint density at radius 1 is 1.16 bits per heavy atom. The number of fused-ring (bicyclic) bond motifs is 1. The zero-order valence-corrected chi connectivity index (χ0v) is 13.1. The van der Waals surface area contributed by atoms with Crippen LogP contribution in [0.5, 0.6) is 0 Å². The Morgan fingerprint density at radius 3 is 2.26 bits per heavy atom. The van der Waals surface area contributed by atoms with Crippen LogP contribution < -0.4 is 5.73 Å². The third-order valence-corrected chi connectivity index (χ3v) is 6.73. The lowest BCUT2D eigenvalue weighted by atomic mass is 9.83. The van der Waals surface area contributed by atoms with Crippen molar-refractivity contribution in [3.8, 4) is 0 Å². The van der Waals surface area contributed by atoms with Crippen LogP contribution in [0.3, 0.4) is 0 Å². The zero-order chi connectivity index (χ0) is 14.6. The summed E-state index contributed by atoms with van der Waals surface area (Å²) in [6.07, 6.45) is 0. The van der Waals surface area contributed by atoms with E-state index < -0.39 is 15.1 Å². The summed E-state index contributed by atoms with van der Waals surface area (Å²) >= 11 is 0. The third kappa shape index (κ3) is 2.21. The topological polar surface area (TPSA) is 60.2 Å². The second kappa shape index (κ2) is 4.32. The first-order valence-electron chi connectivity index (χ1n) is 6.70. The summed E-state index contributed by atoms with van der Waals surface area (Å²) in [7, 11) is -3.25. The predicted octanol–water partition coefficient (Wildman–Crippen LogP) is 2.80. The average molecular weight is 281 g/mol. The molecule has 106 valence electrons. The first kappa shape index (κ1) is 14.5. The summed E-state index contributed by atoms with van der Waals surface area (Å²) in [4.78, 5) is 0.415. The molecule has 0 bridgehead atoms. The van der Waals surface area contributed by atoms with Crippen molar-refractivity contribution in [2.45, 2.75) is 56.2 Å². The van der Waals surface area contributed by atoms with Crippen LogP contribution in [0.4, 0.5) is 0 Å². The van der Waals surface area contributed by atoms with Crippen molar-refractivity contribution in [1.29, 1.82) is 0 Å². The van der Waals surface area contributed by atoms with Crippen LogP contribution >= 0.6 is 0 Å². The fourth-order valence-electron chi connectivity index (χ4n) is 2.59. The first-order chi connectivity index (χ1) is 8.56. The molecule has 0 spiro atoms. The molecule has 1 aliphatic heterocycles. The molecule has 1 aromatic carbocycles. The minimum absolute atomic E-state index is 0.00911. The van der Waals surface area contributed by atoms with Crippen molar-refractivity contribution in [3.05, 3.63) is 29.3 Å². The Bertz CT molecular complexity index is 599. The van der Waals surface area contributed by atoms with Crippen molar-refractivity contribution in [2.24, 2.45) is 11.7 Å². The molecular formula is C15H23NO2S. The van der Waals surface area contributed by atoms with Gasteiger partial charge in [0.1, 0.15) is 0 Å². The van der Waals surface area contributed by atoms with E-state index in [1.165, 1.54) is 0 Å². The molecule has 1 heterocycles. The van der Waals surface area contributed by atoms with Gasteiger partial charge in [-0.05, 0) is 35.4 Å². The van der Waals surface area contributed by atoms with E-state index >= 15 is 0 Å². The molecule has 19 heavy (non-hydrogen) atoms. The average Bonchev–Trinajstić information content (AvgIpc) is 2.32. The SMILES string of the molecule is CC1C(N)c2cc(C(C)(C)C)ccc2S(=O)(=O)C1C. The molecule has 4 heteroatoms. The van der Waals surface area contributed by atoms with Gasteiger partial charge in [-0.2, -0.15) is 0 Å². The second-order valence-corrected chi connectivity index (χ2v) is 8.91. The zero-order valence-electron chi connectivity index (χ0n) is 12.3. The molecule has 3 nitrogen and oxygen atoms in total. The summed E-state index contributed by atoms with van der Waals surface area (Å²) in [6, 6.07) is 5.40. The van der Waals surface area contributed by atoms with Gasteiger partial charge in [0.25, 0.3) is 0 Å². The molecule has 0 amide bonds. The van der Waals surface area contributed by atoms with E-state index in [1.54, 1.807) is 13.0 Å². The summed E-state index contributed by atoms with van der Waals surface area (Å²) in [5, 5.41) is -0.421. The highest BCUT2D eigenvalue weighted by atomic mass is 32.2. The molecule has 0 saturated carbocycles. The number of hydrogen-bond acceptors (Lipinski definition) is 3. The Morgan fingerprint density at radius 2 is 1.74 bits per heavy atom. The van der Waals surface area contributed by atoms with Crippen LogP contribution in [0.2, 0.25) is 0 Å². The fourth-order valence-corrected chi connectivity index (χ4v) is 4.51. The van der Waals surface area contributed by atoms with E-state index in [4.69, 9.17) is 5.73 Å². The highest BCUT2D eigenvalue weighted by molar-refractivity contribution is 7.92. The van der Waals surface area contributed by atoms with E-state index in [0.717, 1.165) is 11.1 Å². The minimum Gasteiger partial charge on any atom is -0.324 e. The maximum Gasteiger partial charge on any atom is 0.181 e. The lowest BCUT2D eigenvalue weighted by molar-refractivity contribution is 0.424. The summed E-state index contributed by atoms with van der Waals surface area (Å²) in [5.41, 5.74) is 8.14. The van der Waals surface area contributed by atoms with Crippen LogP contribution in [-0.4, -0.2) is 13.7 Å². The van der Waals surface area contributed by atoms with Crippen molar-refractivity contribution in [3.63, 3.8) is 0 Å². The number of hydrogen-bond donors (Lipinski definition) is 1. The summed E-state index contributed by atoms with van der Waals surface area (Å²) in [6.45, 7) is 10.0. The Kier molecular flexibility index (Phi) is 3.30. The number of nitrogens with two attached hydrogens (primary N) is 1. The molecule has 0 aliphatic carbocycles. The highest BCUT2D eigenvalue weighted by Crippen LogP contribution is 2.40. The van der Waals surface area contributed by atoms with Gasteiger partial charge < -0.3 is 5.73 Å². The van der Waals surface area contributed by atoms with Crippen LogP contribution in [-0.2, 0) is 15.3 Å². The maximum absolute atomic E-state index is 12.5. The smallest absolute Gasteiger partial charge is 0.181 e. The summed E-state index contributed by atoms with van der Waals surface area (Å²) in [5.74, 6) is -0.0623. The van der Waals surface area contributed by atoms with Gasteiger partial charge in [0, 0.05) is 6.04 Å². The molecule has 0 radical (unpaired) electrons. The van der Waals surface area contributed by atoms with Crippen LogP contribution in [0.1, 0.15) is 51.8 Å². The molecule has 1 aromatic rings. The molecule has 2 rings (SSSR count). The predicted molar refractivity (Wildman–Crippen MR) is 77.9 cm³/mol. The van der Waals surface area contributed by atoms with E-state index in [0.29, 0.717) is 4.90 Å². The third-order valence-electron chi connectivity index (χ3n) is 4.34. The molecular weight excluding hydrogens is 258 g/mol. The van der Waals surface area contributed by atoms with E-state index in [-0.39, 0.29) is 17.4 Å². The van der Waals surface area contributed by atoms with E-state index in [9.17, 15) is 8.42 Å². The standard InChI is InChI=1S/C15H23NO2S/c1-9-10(2)19(17,18)13-7-6-11(15(3,4)5)8-12(13)14(9)16/h6-10,14H,16H2,1-5H3. The van der Waals surface area contributed by atoms with E-state index in [1.807, 2.05) is 19.1 Å². The number of sulfone groups is 1. The van der Waals surface area contributed by atoms with Crippen LogP contribution in [0.15, 0.2) is 23.1 Å². The molecule has 0 fully saturated rings. The normalized spacial score (nSPS) is 29.9. The molecule has 2 N–H and O–H groups in total. The van der Waals surface area contributed by atoms with Gasteiger partial charge in [-0.1, -0.05) is 39.8 Å². The van der Waals surface area contributed by atoms with Gasteiger partial charge in [-0.3, -0.25) is 0 Å². The van der Waals surface area contributed by atoms with Gasteiger partial charge >= 0.3 is 0 Å². The van der Waals surface area contributed by atoms with Crippen LogP contribution in [0, 0.1) is 5.92 Å². The van der Waals surface area contributed by atoms with Gasteiger partial charge in [0.05, 0.1) is 10.1 Å². The Hall–Kier alpha value is -0.870. The number of rotatable bonds is 0. The highest BCUT2D eigenvalue weighted by Gasteiger charge is 2.40. The Labute approximate surface area is 116 Å². The van der Waals surface area contributed by atoms with Gasteiger partial charge in [0.2, 0.25) is 0 Å². The second-order valence-electron chi connectivity index (χ2n) is 6.64. The largest absolute Gasteiger partial charge is 0.324 e. The molecule has 0 saturated heterocycles. The summed E-state index contributed by atoms with van der Waals surface area (Å²) < 4.78 is 24.9. The minimum atomic E-state index is -3.25. The number of benzene rings is 1. The van der Waals surface area contributed by atoms with Crippen molar-refractivity contribution in [2.75, 3.05) is 0 Å². The van der Waals surface area contributed by atoms with Crippen molar-refractivity contribution < 1.29 is 8.42 Å². The first-order valence-corrected chi connectivity index (χ1v) is 8.25. The molecule has 3 atom stereocenters. The van der Waals surface area contributed by atoms with Crippen molar-refractivity contribution >= 4 is 9.84 Å². The fraction of sp³-hybridized carbons (Fsp3) is 0.600. The van der Waals surface area contributed by atoms with E-state index in [2.05, 4.69) is 20.8 Å². The molecule has 1 aliphatic rings. The van der Waals surface area contributed by atoms with Crippen molar-refractivity contribution in [1.82, 2.24) is 0 Å². The monoisotopic (exact) mass is 281 g/mol. The maximum atomic E-state index is 12.5. The quantitative estimate of drug-likeness (QED) is 0.795. The lowest BCUT2D eigenvalue weighted by Gasteiger charge is -2.34. The molecule has 0 aromatic heterocycles.